The number of methoxy groups -OCH3 is 1. The quantitative estimate of drug-likeness (QED) is 0.626. The van der Waals surface area contributed by atoms with Crippen molar-refractivity contribution >= 4 is 17.4 Å². The average Bonchev–Trinajstić information content (AvgIpc) is 2.84. The molecular weight excluding hydrogens is 281 g/mol. The summed E-state index contributed by atoms with van der Waals surface area (Å²) in [7, 11) is 1.48. The number of anilines is 1. The minimum absolute atomic E-state index is 0.0553. The van der Waals surface area contributed by atoms with Crippen LogP contribution in [0.1, 0.15) is 6.42 Å². The van der Waals surface area contributed by atoms with Crippen LogP contribution in [0, 0.1) is 5.82 Å². The van der Waals surface area contributed by atoms with E-state index in [9.17, 15) is 14.0 Å². The van der Waals surface area contributed by atoms with E-state index in [1.165, 1.54) is 31.4 Å². The summed E-state index contributed by atoms with van der Waals surface area (Å²) >= 11 is 0. The molecule has 114 valence electrons. The summed E-state index contributed by atoms with van der Waals surface area (Å²) in [5.74, 6) is -1.32. The van der Waals surface area contributed by atoms with Gasteiger partial charge in [0.1, 0.15) is 19.0 Å². The lowest BCUT2D eigenvalue weighted by molar-refractivity contribution is -0.165. The van der Waals surface area contributed by atoms with Crippen LogP contribution in [-0.2, 0) is 23.8 Å². The van der Waals surface area contributed by atoms with Crippen molar-refractivity contribution < 1.29 is 28.2 Å². The molecule has 6 nitrogen and oxygen atoms in total. The second-order valence-corrected chi connectivity index (χ2v) is 4.59. The van der Waals surface area contributed by atoms with E-state index >= 15 is 0 Å². The standard InChI is InChI=1S/C14H16FNO5/c1-19-6-7-20-13(18)14(8-12(17)9-21-14)16-11-4-2-10(15)3-5-11/h2-5,16H,6-9H2,1H3. The van der Waals surface area contributed by atoms with Gasteiger partial charge in [0.15, 0.2) is 5.78 Å². The number of carbonyl (C=O) groups excluding carboxylic acids is 2. The number of benzene rings is 1. The first kappa shape index (κ1) is 15.4. The van der Waals surface area contributed by atoms with Crippen LogP contribution < -0.4 is 5.32 Å². The van der Waals surface area contributed by atoms with Gasteiger partial charge < -0.3 is 19.5 Å². The lowest BCUT2D eigenvalue weighted by Crippen LogP contribution is -2.47. The lowest BCUT2D eigenvalue weighted by Gasteiger charge is -2.27. The van der Waals surface area contributed by atoms with Crippen molar-refractivity contribution in [2.45, 2.75) is 12.1 Å². The number of nitrogens with one attached hydrogen (secondary N) is 1. The van der Waals surface area contributed by atoms with Crippen LogP contribution >= 0.6 is 0 Å². The van der Waals surface area contributed by atoms with Crippen molar-refractivity contribution in [3.63, 3.8) is 0 Å². The summed E-state index contributed by atoms with van der Waals surface area (Å²) in [5.41, 5.74) is -1.11. The minimum atomic E-state index is -1.57. The molecule has 1 saturated heterocycles. The summed E-state index contributed by atoms with van der Waals surface area (Å²) in [6.07, 6.45) is -0.143. The maximum atomic E-state index is 12.9. The number of ether oxygens (including phenoxy) is 3. The Morgan fingerprint density at radius 2 is 2.10 bits per heavy atom. The van der Waals surface area contributed by atoms with Crippen LogP contribution in [0.2, 0.25) is 0 Å². The summed E-state index contributed by atoms with van der Waals surface area (Å²) in [4.78, 5) is 23.6. The first-order chi connectivity index (χ1) is 10.1. The summed E-state index contributed by atoms with van der Waals surface area (Å²) in [6, 6.07) is 5.38. The van der Waals surface area contributed by atoms with Gasteiger partial charge in [-0.3, -0.25) is 4.79 Å². The van der Waals surface area contributed by atoms with Crippen molar-refractivity contribution in [1.82, 2.24) is 0 Å². The van der Waals surface area contributed by atoms with Crippen LogP contribution in [0.5, 0.6) is 0 Å². The molecule has 2 rings (SSSR count). The van der Waals surface area contributed by atoms with Gasteiger partial charge in [-0.15, -0.1) is 0 Å². The smallest absolute Gasteiger partial charge is 0.360 e. The van der Waals surface area contributed by atoms with Gasteiger partial charge in [0.25, 0.3) is 0 Å². The number of hydrogen-bond donors (Lipinski definition) is 1. The Kier molecular flexibility index (Phi) is 4.87. The molecule has 0 amide bonds. The maximum absolute atomic E-state index is 12.9. The minimum Gasteiger partial charge on any atom is -0.460 e. The van der Waals surface area contributed by atoms with Gasteiger partial charge in [-0.25, -0.2) is 9.18 Å². The van der Waals surface area contributed by atoms with Crippen molar-refractivity contribution in [1.29, 1.82) is 0 Å². The molecular formula is C14H16FNO5. The normalized spacial score (nSPS) is 21.3. The topological polar surface area (TPSA) is 73.9 Å². The van der Waals surface area contributed by atoms with Crippen molar-refractivity contribution in [2.24, 2.45) is 0 Å². The van der Waals surface area contributed by atoms with Gasteiger partial charge in [0.2, 0.25) is 5.72 Å². The van der Waals surface area contributed by atoms with E-state index in [1.807, 2.05) is 0 Å². The summed E-state index contributed by atoms with van der Waals surface area (Å²) < 4.78 is 28.0. The molecule has 1 aliphatic heterocycles. The molecule has 1 heterocycles. The van der Waals surface area contributed by atoms with Crippen LogP contribution in [0.15, 0.2) is 24.3 Å². The Bertz CT molecular complexity index is 519. The predicted octanol–water partition coefficient (Wildman–Crippen LogP) is 1.11. The van der Waals surface area contributed by atoms with E-state index in [2.05, 4.69) is 5.32 Å². The highest BCUT2D eigenvalue weighted by molar-refractivity contribution is 5.94. The highest BCUT2D eigenvalue weighted by Gasteiger charge is 2.48. The second-order valence-electron chi connectivity index (χ2n) is 4.59. The van der Waals surface area contributed by atoms with E-state index < -0.39 is 17.5 Å². The molecule has 1 fully saturated rings. The van der Waals surface area contributed by atoms with E-state index in [4.69, 9.17) is 14.2 Å². The molecule has 0 bridgehead atoms. The Hall–Kier alpha value is -1.99. The number of rotatable bonds is 6. The third-order valence-electron chi connectivity index (χ3n) is 2.97. The van der Waals surface area contributed by atoms with Crippen molar-refractivity contribution in [3.8, 4) is 0 Å². The number of hydrogen-bond acceptors (Lipinski definition) is 6. The molecule has 21 heavy (non-hydrogen) atoms. The Morgan fingerprint density at radius 3 is 2.67 bits per heavy atom. The second kappa shape index (κ2) is 6.64. The monoisotopic (exact) mass is 297 g/mol. The van der Waals surface area contributed by atoms with Gasteiger partial charge in [-0.05, 0) is 24.3 Å². The molecule has 1 N–H and O–H groups in total. The fraction of sp³-hybridized carbons (Fsp3) is 0.429. The van der Waals surface area contributed by atoms with E-state index in [1.54, 1.807) is 0 Å². The number of esters is 1. The lowest BCUT2D eigenvalue weighted by atomic mass is 10.1. The van der Waals surface area contributed by atoms with Gasteiger partial charge in [-0.1, -0.05) is 0 Å². The SMILES string of the molecule is COCCOC(=O)C1(Nc2ccc(F)cc2)CC(=O)CO1. The van der Waals surface area contributed by atoms with Gasteiger partial charge >= 0.3 is 5.97 Å². The molecule has 1 atom stereocenters. The van der Waals surface area contributed by atoms with Crippen molar-refractivity contribution in [2.75, 3.05) is 32.2 Å². The van der Waals surface area contributed by atoms with E-state index in [0.717, 1.165) is 0 Å². The third kappa shape index (κ3) is 3.77. The molecule has 0 aromatic heterocycles. The number of carbonyl (C=O) groups is 2. The predicted molar refractivity (Wildman–Crippen MR) is 71.2 cm³/mol. The molecule has 1 aliphatic rings. The molecule has 0 radical (unpaired) electrons. The van der Waals surface area contributed by atoms with Gasteiger partial charge in [0, 0.05) is 12.8 Å². The Morgan fingerprint density at radius 1 is 1.38 bits per heavy atom. The number of Topliss-reactive ketones (excluding diaryl/α,β-unsaturated/α-hetero) is 1. The summed E-state index contributed by atoms with van der Waals surface area (Å²) in [6.45, 7) is 0.125. The van der Waals surface area contributed by atoms with Crippen LogP contribution in [-0.4, -0.2) is 44.4 Å². The zero-order valence-electron chi connectivity index (χ0n) is 11.6. The first-order valence-corrected chi connectivity index (χ1v) is 6.41. The Labute approximate surface area is 121 Å². The van der Waals surface area contributed by atoms with Gasteiger partial charge in [-0.2, -0.15) is 0 Å². The molecule has 1 aromatic carbocycles. The Balaban J connectivity index is 2.11. The maximum Gasteiger partial charge on any atom is 0.360 e. The largest absolute Gasteiger partial charge is 0.460 e. The third-order valence-corrected chi connectivity index (χ3v) is 2.97. The molecule has 1 unspecified atom stereocenters. The fourth-order valence-electron chi connectivity index (χ4n) is 1.95. The van der Waals surface area contributed by atoms with Gasteiger partial charge in [0.05, 0.1) is 13.0 Å². The molecule has 0 spiro atoms. The van der Waals surface area contributed by atoms with Crippen LogP contribution in [0.3, 0.4) is 0 Å². The zero-order chi connectivity index (χ0) is 15.3. The number of halogens is 1. The highest BCUT2D eigenvalue weighted by atomic mass is 19.1. The van der Waals surface area contributed by atoms with E-state index in [-0.39, 0.29) is 32.0 Å². The average molecular weight is 297 g/mol. The molecule has 7 heteroatoms. The van der Waals surface area contributed by atoms with Crippen LogP contribution in [0.4, 0.5) is 10.1 Å². The van der Waals surface area contributed by atoms with E-state index in [0.29, 0.717) is 5.69 Å². The zero-order valence-corrected chi connectivity index (χ0v) is 11.6. The molecule has 1 aromatic rings. The van der Waals surface area contributed by atoms with Crippen LogP contribution in [0.25, 0.3) is 0 Å². The fourth-order valence-corrected chi connectivity index (χ4v) is 1.95. The van der Waals surface area contributed by atoms with Crippen molar-refractivity contribution in [3.05, 3.63) is 30.1 Å². The summed E-state index contributed by atoms with van der Waals surface area (Å²) in [5, 5.41) is 2.81. The first-order valence-electron chi connectivity index (χ1n) is 6.41. The molecule has 0 saturated carbocycles. The highest BCUT2D eigenvalue weighted by Crippen LogP contribution is 2.27. The number of ketones is 1. The molecule has 0 aliphatic carbocycles.